The molecular formula is C15H15N. The SMILES string of the molecule is c1ccc([C@H]2CNc3ccccc3C2)cc1. The van der Waals surface area contributed by atoms with Crippen LogP contribution >= 0.6 is 0 Å². The standard InChI is InChI=1S/C15H15N/c1-2-6-12(7-3-1)14-10-13-8-4-5-9-15(13)16-11-14/h1-9,14,16H,10-11H2/t14-/m1/s1. The highest BCUT2D eigenvalue weighted by molar-refractivity contribution is 5.54. The van der Waals surface area contributed by atoms with Crippen molar-refractivity contribution in [3.8, 4) is 0 Å². The number of hydrogen-bond acceptors (Lipinski definition) is 1. The fourth-order valence-electron chi connectivity index (χ4n) is 2.40. The van der Waals surface area contributed by atoms with Gasteiger partial charge in [0.1, 0.15) is 0 Å². The second kappa shape index (κ2) is 4.01. The van der Waals surface area contributed by atoms with Crippen LogP contribution in [0, 0.1) is 0 Å². The van der Waals surface area contributed by atoms with Gasteiger partial charge in [-0.05, 0) is 23.6 Å². The molecule has 80 valence electrons. The summed E-state index contributed by atoms with van der Waals surface area (Å²) in [4.78, 5) is 0. The Kier molecular flexibility index (Phi) is 2.37. The molecule has 0 bridgehead atoms. The summed E-state index contributed by atoms with van der Waals surface area (Å²) in [5.74, 6) is 0.607. The summed E-state index contributed by atoms with van der Waals surface area (Å²) in [5.41, 5.74) is 4.17. The van der Waals surface area contributed by atoms with Gasteiger partial charge in [0.25, 0.3) is 0 Å². The van der Waals surface area contributed by atoms with E-state index in [2.05, 4.69) is 59.9 Å². The molecule has 3 rings (SSSR count). The van der Waals surface area contributed by atoms with E-state index in [4.69, 9.17) is 0 Å². The smallest absolute Gasteiger partial charge is 0.0373 e. The molecule has 16 heavy (non-hydrogen) atoms. The molecule has 2 aromatic carbocycles. The van der Waals surface area contributed by atoms with Crippen molar-refractivity contribution < 1.29 is 0 Å². The predicted octanol–water partition coefficient (Wildman–Crippen LogP) is 3.44. The molecule has 0 aliphatic carbocycles. The molecule has 0 radical (unpaired) electrons. The molecule has 1 aliphatic rings. The number of para-hydroxylation sites is 1. The third-order valence-corrected chi connectivity index (χ3v) is 3.29. The van der Waals surface area contributed by atoms with E-state index < -0.39 is 0 Å². The summed E-state index contributed by atoms with van der Waals surface area (Å²) in [7, 11) is 0. The van der Waals surface area contributed by atoms with Gasteiger partial charge in [-0.1, -0.05) is 48.5 Å². The fraction of sp³-hybridized carbons (Fsp3) is 0.200. The Labute approximate surface area is 96.1 Å². The number of fused-ring (bicyclic) bond motifs is 1. The number of anilines is 1. The summed E-state index contributed by atoms with van der Waals surface area (Å²) >= 11 is 0. The first-order valence-electron chi connectivity index (χ1n) is 5.80. The second-order valence-electron chi connectivity index (χ2n) is 4.35. The lowest BCUT2D eigenvalue weighted by molar-refractivity contribution is 0.695. The highest BCUT2D eigenvalue weighted by atomic mass is 14.9. The Hall–Kier alpha value is -1.76. The topological polar surface area (TPSA) is 12.0 Å². The molecule has 0 saturated carbocycles. The Balaban J connectivity index is 1.89. The van der Waals surface area contributed by atoms with Gasteiger partial charge in [0.05, 0.1) is 0 Å². The molecule has 0 amide bonds. The largest absolute Gasteiger partial charge is 0.384 e. The normalized spacial score (nSPS) is 18.6. The van der Waals surface area contributed by atoms with Crippen molar-refractivity contribution in [2.75, 3.05) is 11.9 Å². The first-order chi connectivity index (χ1) is 7.93. The van der Waals surface area contributed by atoms with E-state index in [0.29, 0.717) is 5.92 Å². The maximum atomic E-state index is 3.51. The van der Waals surface area contributed by atoms with Crippen LogP contribution in [0.3, 0.4) is 0 Å². The van der Waals surface area contributed by atoms with Crippen LogP contribution in [0.25, 0.3) is 0 Å². The zero-order chi connectivity index (χ0) is 10.8. The van der Waals surface area contributed by atoms with E-state index >= 15 is 0 Å². The number of benzene rings is 2. The number of nitrogens with one attached hydrogen (secondary N) is 1. The van der Waals surface area contributed by atoms with Gasteiger partial charge in [0, 0.05) is 18.2 Å². The molecule has 2 aromatic rings. The van der Waals surface area contributed by atoms with E-state index in [1.807, 2.05) is 0 Å². The molecule has 0 spiro atoms. The van der Waals surface area contributed by atoms with Crippen molar-refractivity contribution >= 4 is 5.69 Å². The van der Waals surface area contributed by atoms with Crippen LogP contribution in [0.1, 0.15) is 17.0 Å². The van der Waals surface area contributed by atoms with Crippen LogP contribution in [0.4, 0.5) is 5.69 Å². The van der Waals surface area contributed by atoms with Gasteiger partial charge >= 0.3 is 0 Å². The van der Waals surface area contributed by atoms with Crippen LogP contribution in [0.5, 0.6) is 0 Å². The number of hydrogen-bond donors (Lipinski definition) is 1. The first-order valence-corrected chi connectivity index (χ1v) is 5.80. The summed E-state index contributed by atoms with van der Waals surface area (Å²) < 4.78 is 0. The van der Waals surface area contributed by atoms with Gasteiger partial charge in [-0.3, -0.25) is 0 Å². The maximum Gasteiger partial charge on any atom is 0.0373 e. The van der Waals surface area contributed by atoms with Gasteiger partial charge in [-0.2, -0.15) is 0 Å². The fourth-order valence-corrected chi connectivity index (χ4v) is 2.40. The molecule has 0 unspecified atom stereocenters. The Morgan fingerprint density at radius 2 is 1.62 bits per heavy atom. The number of rotatable bonds is 1. The van der Waals surface area contributed by atoms with Crippen molar-refractivity contribution in [1.29, 1.82) is 0 Å². The lowest BCUT2D eigenvalue weighted by Gasteiger charge is -2.26. The molecular weight excluding hydrogens is 194 g/mol. The second-order valence-corrected chi connectivity index (χ2v) is 4.35. The molecule has 0 aromatic heterocycles. The van der Waals surface area contributed by atoms with Gasteiger partial charge in [-0.15, -0.1) is 0 Å². The predicted molar refractivity (Wildman–Crippen MR) is 67.8 cm³/mol. The van der Waals surface area contributed by atoms with E-state index in [-0.39, 0.29) is 0 Å². The van der Waals surface area contributed by atoms with Crippen molar-refractivity contribution in [3.05, 3.63) is 65.7 Å². The summed E-state index contributed by atoms with van der Waals surface area (Å²) in [6, 6.07) is 19.4. The van der Waals surface area contributed by atoms with Crippen LogP contribution in [0.2, 0.25) is 0 Å². The van der Waals surface area contributed by atoms with Crippen LogP contribution < -0.4 is 5.32 Å². The molecule has 0 fully saturated rings. The molecule has 1 heterocycles. The Morgan fingerprint density at radius 1 is 0.875 bits per heavy atom. The monoisotopic (exact) mass is 209 g/mol. The highest BCUT2D eigenvalue weighted by Crippen LogP contribution is 2.29. The van der Waals surface area contributed by atoms with E-state index in [9.17, 15) is 0 Å². The minimum atomic E-state index is 0.607. The first kappa shape index (κ1) is 9.46. The summed E-state index contributed by atoms with van der Waals surface area (Å²) in [6.07, 6.45) is 1.15. The van der Waals surface area contributed by atoms with Crippen LogP contribution in [0.15, 0.2) is 54.6 Å². The van der Waals surface area contributed by atoms with Crippen LogP contribution in [-0.2, 0) is 6.42 Å². The average Bonchev–Trinajstić information content (AvgIpc) is 2.39. The molecule has 1 nitrogen and oxygen atoms in total. The van der Waals surface area contributed by atoms with Gasteiger partial charge in [-0.25, -0.2) is 0 Å². The van der Waals surface area contributed by atoms with Crippen molar-refractivity contribution in [2.45, 2.75) is 12.3 Å². The third-order valence-electron chi connectivity index (χ3n) is 3.29. The molecule has 1 heteroatoms. The Bertz CT molecular complexity index is 476. The van der Waals surface area contributed by atoms with Gasteiger partial charge < -0.3 is 5.32 Å². The van der Waals surface area contributed by atoms with Crippen molar-refractivity contribution in [2.24, 2.45) is 0 Å². The zero-order valence-corrected chi connectivity index (χ0v) is 9.19. The Morgan fingerprint density at radius 3 is 2.50 bits per heavy atom. The van der Waals surface area contributed by atoms with E-state index in [0.717, 1.165) is 13.0 Å². The highest BCUT2D eigenvalue weighted by Gasteiger charge is 2.18. The maximum absolute atomic E-state index is 3.51. The van der Waals surface area contributed by atoms with Gasteiger partial charge in [0.2, 0.25) is 0 Å². The van der Waals surface area contributed by atoms with Gasteiger partial charge in [0.15, 0.2) is 0 Å². The third kappa shape index (κ3) is 1.69. The molecule has 1 N–H and O–H groups in total. The summed E-state index contributed by atoms with van der Waals surface area (Å²) in [5, 5.41) is 3.51. The summed E-state index contributed by atoms with van der Waals surface area (Å²) in [6.45, 7) is 1.04. The lowest BCUT2D eigenvalue weighted by Crippen LogP contribution is -2.21. The van der Waals surface area contributed by atoms with E-state index in [1.54, 1.807) is 0 Å². The molecule has 1 atom stereocenters. The minimum absolute atomic E-state index is 0.607. The van der Waals surface area contributed by atoms with Crippen LogP contribution in [-0.4, -0.2) is 6.54 Å². The zero-order valence-electron chi connectivity index (χ0n) is 9.19. The van der Waals surface area contributed by atoms with Crippen molar-refractivity contribution in [3.63, 3.8) is 0 Å². The molecule has 1 aliphatic heterocycles. The minimum Gasteiger partial charge on any atom is -0.384 e. The average molecular weight is 209 g/mol. The lowest BCUT2D eigenvalue weighted by atomic mass is 9.88. The van der Waals surface area contributed by atoms with Crippen molar-refractivity contribution in [1.82, 2.24) is 0 Å². The van der Waals surface area contributed by atoms with E-state index in [1.165, 1.54) is 16.8 Å². The molecule has 0 saturated heterocycles. The quantitative estimate of drug-likeness (QED) is 0.758.